The highest BCUT2D eigenvalue weighted by atomic mass is 16.6. The highest BCUT2D eigenvalue weighted by molar-refractivity contribution is 6.00. The number of hydrogen-bond acceptors (Lipinski definition) is 7. The zero-order chi connectivity index (χ0) is 26.6. The van der Waals surface area contributed by atoms with Gasteiger partial charge in [-0.25, -0.2) is 19.3 Å². The normalized spacial score (nSPS) is 18.7. The summed E-state index contributed by atoms with van der Waals surface area (Å²) in [5.74, 6) is -2.77. The molecule has 4 rings (SSSR count). The van der Waals surface area contributed by atoms with Gasteiger partial charge in [0.15, 0.2) is 6.10 Å². The lowest BCUT2D eigenvalue weighted by atomic mass is 10.0. The van der Waals surface area contributed by atoms with Crippen LogP contribution in [0.3, 0.4) is 0 Å². The van der Waals surface area contributed by atoms with Crippen molar-refractivity contribution in [2.45, 2.75) is 25.0 Å². The number of aliphatic carboxylic acids is 2. The van der Waals surface area contributed by atoms with Crippen molar-refractivity contribution in [1.29, 1.82) is 0 Å². The van der Waals surface area contributed by atoms with Crippen molar-refractivity contribution < 1.29 is 38.9 Å². The number of amides is 2. The molecule has 2 aromatic carbocycles. The van der Waals surface area contributed by atoms with Crippen LogP contribution in [0.25, 0.3) is 0 Å². The number of morpholine rings is 1. The molecule has 2 unspecified atom stereocenters. The molecule has 2 fully saturated rings. The molecule has 10 heteroatoms. The lowest BCUT2D eigenvalue weighted by Crippen LogP contribution is -2.40. The van der Waals surface area contributed by atoms with Crippen LogP contribution in [0.2, 0.25) is 0 Å². The Balaban J connectivity index is 0.000000414. The highest BCUT2D eigenvalue weighted by Crippen LogP contribution is 2.31. The zero-order valence-electron chi connectivity index (χ0n) is 20.3. The number of carbonyl (C=O) groups excluding carboxylic acids is 2. The molecule has 2 heterocycles. The van der Waals surface area contributed by atoms with E-state index in [9.17, 15) is 19.2 Å². The Morgan fingerprint density at radius 2 is 1.49 bits per heavy atom. The quantitative estimate of drug-likeness (QED) is 0.489. The summed E-state index contributed by atoms with van der Waals surface area (Å²) in [6.07, 6.45) is 0.867. The Morgan fingerprint density at radius 1 is 0.919 bits per heavy atom. The summed E-state index contributed by atoms with van der Waals surface area (Å²) in [7, 11) is 0. The van der Waals surface area contributed by atoms with Gasteiger partial charge in [-0.2, -0.15) is 0 Å². The van der Waals surface area contributed by atoms with E-state index in [1.807, 2.05) is 60.7 Å². The fourth-order valence-electron chi connectivity index (χ4n) is 4.10. The molecule has 2 aromatic rings. The summed E-state index contributed by atoms with van der Waals surface area (Å²) in [5.41, 5.74) is 1.93. The van der Waals surface area contributed by atoms with Crippen molar-refractivity contribution in [3.05, 3.63) is 83.9 Å². The molecule has 37 heavy (non-hydrogen) atoms. The van der Waals surface area contributed by atoms with E-state index < -0.39 is 24.1 Å². The van der Waals surface area contributed by atoms with Gasteiger partial charge in [-0.15, -0.1) is 0 Å². The number of benzene rings is 2. The van der Waals surface area contributed by atoms with Crippen LogP contribution < -0.4 is 0 Å². The second kappa shape index (κ2) is 13.9. The van der Waals surface area contributed by atoms with E-state index in [0.717, 1.165) is 44.0 Å². The number of carbonyl (C=O) groups is 4. The Hall–Kier alpha value is -4.02. The van der Waals surface area contributed by atoms with E-state index in [1.54, 1.807) is 0 Å². The van der Waals surface area contributed by atoms with Gasteiger partial charge < -0.3 is 19.7 Å². The second-order valence-electron chi connectivity index (χ2n) is 8.45. The second-order valence-corrected chi connectivity index (χ2v) is 8.45. The molecule has 2 amide bonds. The van der Waals surface area contributed by atoms with Crippen LogP contribution in [0.1, 0.15) is 23.6 Å². The topological polar surface area (TPSA) is 134 Å². The van der Waals surface area contributed by atoms with Crippen molar-refractivity contribution in [3.63, 3.8) is 0 Å². The van der Waals surface area contributed by atoms with Gasteiger partial charge in [0.2, 0.25) is 0 Å². The molecule has 0 saturated carbocycles. The largest absolute Gasteiger partial charge is 0.478 e. The fourth-order valence-corrected chi connectivity index (χ4v) is 4.10. The van der Waals surface area contributed by atoms with Gasteiger partial charge in [-0.3, -0.25) is 9.69 Å². The number of ether oxygens (including phenoxy) is 2. The van der Waals surface area contributed by atoms with Gasteiger partial charge in [0, 0.05) is 38.2 Å². The van der Waals surface area contributed by atoms with Crippen molar-refractivity contribution >= 4 is 23.9 Å². The van der Waals surface area contributed by atoms with Gasteiger partial charge in [-0.1, -0.05) is 60.7 Å². The first-order valence-electron chi connectivity index (χ1n) is 11.9. The molecule has 2 aliphatic rings. The predicted molar refractivity (Wildman–Crippen MR) is 133 cm³/mol. The van der Waals surface area contributed by atoms with Crippen LogP contribution in [0.4, 0.5) is 4.79 Å². The van der Waals surface area contributed by atoms with Gasteiger partial charge in [0.1, 0.15) is 0 Å². The number of hydrogen-bond donors (Lipinski definition) is 2. The van der Waals surface area contributed by atoms with Crippen LogP contribution in [0.15, 0.2) is 72.8 Å². The number of carboxylic acids is 2. The van der Waals surface area contributed by atoms with Crippen LogP contribution in [0, 0.1) is 0 Å². The molecule has 2 atom stereocenters. The van der Waals surface area contributed by atoms with Crippen LogP contribution in [0.5, 0.6) is 0 Å². The van der Waals surface area contributed by atoms with E-state index in [2.05, 4.69) is 4.90 Å². The summed E-state index contributed by atoms with van der Waals surface area (Å²) >= 11 is 0. The number of rotatable bonds is 9. The number of carboxylic acid groups (broad SMARTS) is 2. The Kier molecular flexibility index (Phi) is 10.4. The average Bonchev–Trinajstić information content (AvgIpc) is 3.18. The monoisotopic (exact) mass is 510 g/mol. The van der Waals surface area contributed by atoms with Gasteiger partial charge in [0.25, 0.3) is 5.91 Å². The summed E-state index contributed by atoms with van der Waals surface area (Å²) < 4.78 is 10.9. The third-order valence-electron chi connectivity index (χ3n) is 5.90. The summed E-state index contributed by atoms with van der Waals surface area (Å²) in [6, 6.07) is 19.1. The smallest absolute Gasteiger partial charge is 0.418 e. The van der Waals surface area contributed by atoms with Gasteiger partial charge >= 0.3 is 18.0 Å². The van der Waals surface area contributed by atoms with Crippen molar-refractivity contribution in [2.24, 2.45) is 0 Å². The first kappa shape index (κ1) is 27.6. The van der Waals surface area contributed by atoms with Crippen molar-refractivity contribution in [1.82, 2.24) is 9.80 Å². The van der Waals surface area contributed by atoms with Crippen LogP contribution in [-0.2, 0) is 30.3 Å². The van der Waals surface area contributed by atoms with Crippen molar-refractivity contribution in [3.8, 4) is 0 Å². The molecule has 2 N–H and O–H groups in total. The molecular formula is C27H30N2O8. The highest BCUT2D eigenvalue weighted by Gasteiger charge is 2.44. The van der Waals surface area contributed by atoms with E-state index in [4.69, 9.17) is 19.7 Å². The van der Waals surface area contributed by atoms with Crippen LogP contribution >= 0.6 is 0 Å². The summed E-state index contributed by atoms with van der Waals surface area (Å²) in [4.78, 5) is 48.6. The Morgan fingerprint density at radius 3 is 2.05 bits per heavy atom. The van der Waals surface area contributed by atoms with E-state index in [-0.39, 0.29) is 11.9 Å². The van der Waals surface area contributed by atoms with E-state index in [1.165, 1.54) is 4.90 Å². The molecule has 2 saturated heterocycles. The van der Waals surface area contributed by atoms with Crippen LogP contribution in [-0.4, -0.2) is 82.9 Å². The average molecular weight is 511 g/mol. The lowest BCUT2D eigenvalue weighted by Gasteiger charge is -2.30. The van der Waals surface area contributed by atoms with Crippen molar-refractivity contribution in [2.75, 3.05) is 32.8 Å². The molecule has 196 valence electrons. The molecule has 0 aliphatic carbocycles. The van der Waals surface area contributed by atoms with E-state index in [0.29, 0.717) is 25.0 Å². The molecular weight excluding hydrogens is 480 g/mol. The number of cyclic esters (lactones) is 1. The maximum Gasteiger partial charge on any atom is 0.418 e. The maximum atomic E-state index is 13.1. The molecule has 0 radical (unpaired) electrons. The maximum absolute atomic E-state index is 13.1. The number of nitrogens with zero attached hydrogens (tertiary/aromatic N) is 2. The Bertz CT molecular complexity index is 1070. The minimum Gasteiger partial charge on any atom is -0.478 e. The molecule has 2 aliphatic heterocycles. The molecule has 0 bridgehead atoms. The third-order valence-corrected chi connectivity index (χ3v) is 5.90. The van der Waals surface area contributed by atoms with Gasteiger partial charge in [-0.05, 0) is 17.5 Å². The SMILES string of the molecule is O=C(O)C=CC(=O)O.O=C1OC(Cc2ccccc2)C(=O)N1C(CCN1CCOCC1)c1ccccc1. The minimum absolute atomic E-state index is 0.255. The summed E-state index contributed by atoms with van der Waals surface area (Å²) in [5, 5.41) is 15.6. The standard InChI is InChI=1S/C23H26N2O4.C4H4O4/c26-22-21(17-18-7-3-1-4-8-18)29-23(27)25(22)20(19-9-5-2-6-10-19)11-12-24-13-15-28-16-14-24;5-3(6)1-2-4(7)8/h1-10,20-21H,11-17H2;1-2H,(H,5,6)(H,7,8). The zero-order valence-corrected chi connectivity index (χ0v) is 20.3. The molecule has 0 aromatic heterocycles. The summed E-state index contributed by atoms with van der Waals surface area (Å²) in [6.45, 7) is 3.98. The van der Waals surface area contributed by atoms with Gasteiger partial charge in [0.05, 0.1) is 19.3 Å². The predicted octanol–water partition coefficient (Wildman–Crippen LogP) is 2.75. The minimum atomic E-state index is -1.26. The molecule has 10 nitrogen and oxygen atoms in total. The van der Waals surface area contributed by atoms with E-state index >= 15 is 0 Å². The Labute approximate surface area is 214 Å². The lowest BCUT2D eigenvalue weighted by molar-refractivity contribution is -0.134. The number of imide groups is 1. The third kappa shape index (κ3) is 8.55. The first-order valence-corrected chi connectivity index (χ1v) is 11.9. The molecule has 0 spiro atoms. The first-order chi connectivity index (χ1) is 17.8. The fraction of sp³-hybridized carbons (Fsp3) is 0.333.